The molecule has 0 bridgehead atoms. The van der Waals surface area contributed by atoms with Crippen molar-refractivity contribution in [1.82, 2.24) is 9.97 Å². The lowest BCUT2D eigenvalue weighted by Crippen LogP contribution is -1.97. The van der Waals surface area contributed by atoms with E-state index in [9.17, 15) is 4.79 Å². The molecule has 0 aliphatic rings. The van der Waals surface area contributed by atoms with Gasteiger partial charge in [0.25, 0.3) is 0 Å². The number of aromatic nitrogens is 2. The molecule has 0 spiro atoms. The fraction of sp³-hybridized carbons (Fsp3) is 0.0833. The van der Waals surface area contributed by atoms with E-state index in [-0.39, 0.29) is 5.95 Å². The van der Waals surface area contributed by atoms with Gasteiger partial charge in [-0.15, -0.1) is 0 Å². The summed E-state index contributed by atoms with van der Waals surface area (Å²) in [5, 5.41) is 0. The maximum atomic E-state index is 10.5. The van der Waals surface area contributed by atoms with Crippen molar-refractivity contribution in [2.45, 2.75) is 6.92 Å². The molecular formula is C12H11N3O. The summed E-state index contributed by atoms with van der Waals surface area (Å²) in [6.07, 6.45) is 2.50. The Labute approximate surface area is 93.2 Å². The second-order valence-corrected chi connectivity index (χ2v) is 3.47. The Hall–Kier alpha value is -2.23. The van der Waals surface area contributed by atoms with Gasteiger partial charge in [0.15, 0.2) is 0 Å². The maximum Gasteiger partial charge on any atom is 0.220 e. The molecule has 0 aliphatic heterocycles. The number of nitrogens with zero attached hydrogens (tertiary/aromatic N) is 2. The molecular weight excluding hydrogens is 202 g/mol. The molecule has 0 radical (unpaired) electrons. The largest absolute Gasteiger partial charge is 0.368 e. The van der Waals surface area contributed by atoms with Gasteiger partial charge in [0.1, 0.15) is 6.29 Å². The predicted molar refractivity (Wildman–Crippen MR) is 62.0 cm³/mol. The lowest BCUT2D eigenvalue weighted by atomic mass is 10.0. The lowest BCUT2D eigenvalue weighted by molar-refractivity contribution is 0.112. The molecule has 0 unspecified atom stereocenters. The van der Waals surface area contributed by atoms with Crippen molar-refractivity contribution in [3.05, 3.63) is 41.7 Å². The van der Waals surface area contributed by atoms with Crippen LogP contribution in [0.3, 0.4) is 0 Å². The van der Waals surface area contributed by atoms with Gasteiger partial charge in [-0.2, -0.15) is 0 Å². The highest BCUT2D eigenvalue weighted by Crippen LogP contribution is 2.21. The van der Waals surface area contributed by atoms with Crippen LogP contribution in [-0.4, -0.2) is 16.3 Å². The van der Waals surface area contributed by atoms with Crippen LogP contribution in [0.15, 0.2) is 30.5 Å². The van der Waals surface area contributed by atoms with E-state index < -0.39 is 0 Å². The maximum absolute atomic E-state index is 10.5. The third kappa shape index (κ3) is 1.91. The van der Waals surface area contributed by atoms with Crippen LogP contribution in [0.2, 0.25) is 0 Å². The summed E-state index contributed by atoms with van der Waals surface area (Å²) in [5.74, 6) is 0.269. The van der Waals surface area contributed by atoms with E-state index in [1.165, 1.54) is 0 Å². The highest BCUT2D eigenvalue weighted by molar-refractivity contribution is 5.77. The summed E-state index contributed by atoms with van der Waals surface area (Å²) in [6.45, 7) is 1.88. The minimum Gasteiger partial charge on any atom is -0.368 e. The van der Waals surface area contributed by atoms with E-state index in [1.54, 1.807) is 18.3 Å². The Morgan fingerprint density at radius 1 is 1.25 bits per heavy atom. The number of aryl methyl sites for hydroxylation is 1. The number of carbonyl (C=O) groups excluding carboxylic acids is 1. The number of hydrogen-bond donors (Lipinski definition) is 1. The first kappa shape index (κ1) is 10.3. The minimum atomic E-state index is 0.269. The first-order valence-corrected chi connectivity index (χ1v) is 4.85. The molecule has 2 rings (SSSR count). The molecule has 0 aliphatic carbocycles. The Morgan fingerprint density at radius 2 is 1.94 bits per heavy atom. The van der Waals surface area contributed by atoms with Crippen LogP contribution in [0, 0.1) is 6.92 Å². The molecule has 80 valence electrons. The van der Waals surface area contributed by atoms with Gasteiger partial charge in [-0.05, 0) is 12.5 Å². The number of benzene rings is 1. The Morgan fingerprint density at radius 3 is 2.50 bits per heavy atom. The monoisotopic (exact) mass is 213 g/mol. The van der Waals surface area contributed by atoms with E-state index in [0.29, 0.717) is 5.56 Å². The molecule has 0 saturated heterocycles. The van der Waals surface area contributed by atoms with Crippen LogP contribution in [0.1, 0.15) is 16.1 Å². The molecule has 2 N–H and O–H groups in total. The van der Waals surface area contributed by atoms with Crippen LogP contribution < -0.4 is 5.73 Å². The first-order valence-electron chi connectivity index (χ1n) is 4.85. The zero-order chi connectivity index (χ0) is 11.5. The van der Waals surface area contributed by atoms with E-state index in [1.807, 2.05) is 19.1 Å². The summed E-state index contributed by atoms with van der Waals surface area (Å²) in [7, 11) is 0. The van der Waals surface area contributed by atoms with E-state index in [0.717, 1.165) is 23.1 Å². The van der Waals surface area contributed by atoms with E-state index >= 15 is 0 Å². The van der Waals surface area contributed by atoms with Crippen LogP contribution in [-0.2, 0) is 0 Å². The molecule has 0 saturated carbocycles. The molecule has 16 heavy (non-hydrogen) atoms. The van der Waals surface area contributed by atoms with Crippen molar-refractivity contribution in [2.24, 2.45) is 0 Å². The summed E-state index contributed by atoms with van der Waals surface area (Å²) in [6, 6.07) is 7.26. The van der Waals surface area contributed by atoms with Gasteiger partial charge in [0.05, 0.1) is 5.69 Å². The number of rotatable bonds is 2. The highest BCUT2D eigenvalue weighted by Gasteiger charge is 2.04. The second-order valence-electron chi connectivity index (χ2n) is 3.47. The number of hydrogen-bond acceptors (Lipinski definition) is 4. The summed E-state index contributed by atoms with van der Waals surface area (Å²) in [4.78, 5) is 18.6. The van der Waals surface area contributed by atoms with Crippen molar-refractivity contribution < 1.29 is 4.79 Å². The van der Waals surface area contributed by atoms with Crippen molar-refractivity contribution in [3.8, 4) is 11.1 Å². The van der Waals surface area contributed by atoms with Crippen LogP contribution in [0.5, 0.6) is 0 Å². The number of nitrogens with two attached hydrogens (primary N) is 1. The topological polar surface area (TPSA) is 68.9 Å². The predicted octanol–water partition coefficient (Wildman–Crippen LogP) is 1.85. The molecule has 0 atom stereocenters. The molecule has 0 fully saturated rings. The van der Waals surface area contributed by atoms with Gasteiger partial charge < -0.3 is 5.73 Å². The highest BCUT2D eigenvalue weighted by atomic mass is 16.1. The lowest BCUT2D eigenvalue weighted by Gasteiger charge is -2.05. The molecule has 4 nitrogen and oxygen atoms in total. The normalized spacial score (nSPS) is 10.1. The van der Waals surface area contributed by atoms with E-state index in [4.69, 9.17) is 5.73 Å². The zero-order valence-electron chi connectivity index (χ0n) is 8.84. The van der Waals surface area contributed by atoms with Crippen LogP contribution >= 0.6 is 0 Å². The molecule has 4 heteroatoms. The Kier molecular flexibility index (Phi) is 2.64. The van der Waals surface area contributed by atoms with Crippen molar-refractivity contribution in [2.75, 3.05) is 5.73 Å². The fourth-order valence-corrected chi connectivity index (χ4v) is 1.51. The van der Waals surface area contributed by atoms with Crippen molar-refractivity contribution in [3.63, 3.8) is 0 Å². The molecule has 1 heterocycles. The Bertz CT molecular complexity index is 520. The van der Waals surface area contributed by atoms with E-state index in [2.05, 4.69) is 9.97 Å². The fourth-order valence-electron chi connectivity index (χ4n) is 1.51. The Balaban J connectivity index is 2.46. The minimum absolute atomic E-state index is 0.269. The average Bonchev–Trinajstić information content (AvgIpc) is 2.29. The second kappa shape index (κ2) is 4.10. The third-order valence-corrected chi connectivity index (χ3v) is 2.36. The van der Waals surface area contributed by atoms with Crippen LogP contribution in [0.25, 0.3) is 11.1 Å². The smallest absolute Gasteiger partial charge is 0.220 e. The first-order chi connectivity index (χ1) is 7.70. The quantitative estimate of drug-likeness (QED) is 0.773. The third-order valence-electron chi connectivity index (χ3n) is 2.36. The number of anilines is 1. The molecule has 1 aromatic heterocycles. The van der Waals surface area contributed by atoms with Gasteiger partial charge in [-0.25, -0.2) is 9.97 Å². The van der Waals surface area contributed by atoms with Gasteiger partial charge in [-0.1, -0.05) is 24.3 Å². The average molecular weight is 213 g/mol. The van der Waals surface area contributed by atoms with Crippen molar-refractivity contribution >= 4 is 12.2 Å². The van der Waals surface area contributed by atoms with Gasteiger partial charge in [0, 0.05) is 17.3 Å². The SMILES string of the molecule is Cc1nc(N)ncc1-c1ccc(C=O)cc1. The van der Waals surface area contributed by atoms with Crippen LogP contribution in [0.4, 0.5) is 5.95 Å². The van der Waals surface area contributed by atoms with Crippen molar-refractivity contribution in [1.29, 1.82) is 0 Å². The van der Waals surface area contributed by atoms with Gasteiger partial charge >= 0.3 is 0 Å². The number of aldehydes is 1. The zero-order valence-corrected chi connectivity index (χ0v) is 8.84. The molecule has 1 aromatic carbocycles. The summed E-state index contributed by atoms with van der Waals surface area (Å²) < 4.78 is 0. The summed E-state index contributed by atoms with van der Waals surface area (Å²) in [5.41, 5.74) is 8.86. The number of carbonyl (C=O) groups is 1. The number of nitrogen functional groups attached to an aromatic ring is 1. The summed E-state index contributed by atoms with van der Waals surface area (Å²) >= 11 is 0. The van der Waals surface area contributed by atoms with Gasteiger partial charge in [0.2, 0.25) is 5.95 Å². The molecule has 0 amide bonds. The molecule has 2 aromatic rings. The van der Waals surface area contributed by atoms with Gasteiger partial charge in [-0.3, -0.25) is 4.79 Å². The standard InChI is InChI=1S/C12H11N3O/c1-8-11(6-14-12(13)15-8)10-4-2-9(7-16)3-5-10/h2-7H,1H3,(H2,13,14,15).